The van der Waals surface area contributed by atoms with Crippen molar-refractivity contribution in [1.82, 2.24) is 4.98 Å². The average molecular weight is 475 g/mol. The number of amides is 1. The van der Waals surface area contributed by atoms with Crippen LogP contribution in [0.15, 0.2) is 39.9 Å². The molecule has 0 aliphatic carbocycles. The molecule has 2 unspecified atom stereocenters. The van der Waals surface area contributed by atoms with Gasteiger partial charge in [-0.25, -0.2) is 27.5 Å². The summed E-state index contributed by atoms with van der Waals surface area (Å²) in [6.45, 7) is 1.33. The topological polar surface area (TPSA) is 89.6 Å². The minimum atomic E-state index is -2.90. The monoisotopic (exact) mass is 474 g/mol. The number of carbonyl (C=O) groups is 1. The van der Waals surface area contributed by atoms with E-state index in [0.717, 1.165) is 12.1 Å². The summed E-state index contributed by atoms with van der Waals surface area (Å²) in [7, 11) is 0. The van der Waals surface area contributed by atoms with Crippen LogP contribution in [0.2, 0.25) is 0 Å². The first-order valence-corrected chi connectivity index (χ1v) is 9.11. The van der Waals surface area contributed by atoms with Crippen LogP contribution in [0.5, 0.6) is 0 Å². The van der Waals surface area contributed by atoms with Crippen molar-refractivity contribution in [2.75, 3.05) is 5.32 Å². The number of rotatable bonds is 4. The molecule has 1 aromatic carbocycles. The van der Waals surface area contributed by atoms with Crippen molar-refractivity contribution in [3.63, 3.8) is 0 Å². The van der Waals surface area contributed by atoms with E-state index in [2.05, 4.69) is 31.2 Å². The Balaban J connectivity index is 1.96. The van der Waals surface area contributed by atoms with Crippen molar-refractivity contribution >= 4 is 33.5 Å². The zero-order chi connectivity index (χ0) is 21.3. The predicted molar refractivity (Wildman–Crippen MR) is 101 cm³/mol. The Morgan fingerprint density at radius 2 is 2.10 bits per heavy atom. The van der Waals surface area contributed by atoms with Crippen molar-refractivity contribution in [2.45, 2.75) is 31.4 Å². The number of hydrogen-bond acceptors (Lipinski definition) is 5. The van der Waals surface area contributed by atoms with E-state index in [1.165, 1.54) is 19.2 Å². The highest BCUT2D eigenvalue weighted by molar-refractivity contribution is 9.10. The maximum atomic E-state index is 14.5. The number of aromatic nitrogens is 1. The third-order valence-electron chi connectivity index (χ3n) is 4.34. The maximum Gasteiger partial charge on any atom is 0.283 e. The fraction of sp³-hybridized carbons (Fsp3) is 0.278. The lowest BCUT2D eigenvalue weighted by Crippen LogP contribution is -2.42. The Bertz CT molecular complexity index is 971. The van der Waals surface area contributed by atoms with E-state index in [1.807, 2.05) is 0 Å². The second kappa shape index (κ2) is 7.97. The zero-order valence-corrected chi connectivity index (χ0v) is 16.5. The van der Waals surface area contributed by atoms with Gasteiger partial charge in [0.2, 0.25) is 0 Å². The Morgan fingerprint density at radius 3 is 2.72 bits per heavy atom. The third-order valence-corrected chi connectivity index (χ3v) is 4.80. The second-order valence-electron chi connectivity index (χ2n) is 6.55. The number of nitrogens with zero attached hydrogens (tertiary/aromatic N) is 2. The molecule has 0 saturated heterocycles. The molecule has 1 amide bonds. The number of amidine groups is 1. The van der Waals surface area contributed by atoms with Crippen LogP contribution >= 0.6 is 15.9 Å². The van der Waals surface area contributed by atoms with Crippen LogP contribution in [-0.2, 0) is 10.3 Å². The lowest BCUT2D eigenvalue weighted by atomic mass is 9.85. The van der Waals surface area contributed by atoms with E-state index in [4.69, 9.17) is 10.5 Å². The maximum absolute atomic E-state index is 14.5. The number of nitrogens with two attached hydrogens (primary N) is 1. The van der Waals surface area contributed by atoms with Crippen LogP contribution in [0.1, 0.15) is 29.4 Å². The molecule has 29 heavy (non-hydrogen) atoms. The molecule has 2 aromatic rings. The van der Waals surface area contributed by atoms with Gasteiger partial charge in [-0.15, -0.1) is 0 Å². The predicted octanol–water partition coefficient (Wildman–Crippen LogP) is 3.96. The van der Waals surface area contributed by atoms with Crippen LogP contribution in [0.4, 0.5) is 23.2 Å². The Kier molecular flexibility index (Phi) is 5.78. The summed E-state index contributed by atoms with van der Waals surface area (Å²) in [5.41, 5.74) is 3.45. The van der Waals surface area contributed by atoms with E-state index in [0.29, 0.717) is 4.47 Å². The van der Waals surface area contributed by atoms with Crippen LogP contribution in [-0.4, -0.2) is 29.4 Å². The second-order valence-corrected chi connectivity index (χ2v) is 7.47. The number of pyridine rings is 1. The first-order valence-electron chi connectivity index (χ1n) is 8.31. The first kappa shape index (κ1) is 21.0. The van der Waals surface area contributed by atoms with Gasteiger partial charge in [-0.05, 0) is 41.1 Å². The van der Waals surface area contributed by atoms with Gasteiger partial charge in [-0.1, -0.05) is 0 Å². The number of aliphatic imine (C=N–C) groups is 1. The molecule has 2 heterocycles. The van der Waals surface area contributed by atoms with Crippen molar-refractivity contribution in [1.29, 1.82) is 0 Å². The van der Waals surface area contributed by atoms with Crippen molar-refractivity contribution in [3.8, 4) is 0 Å². The molecule has 154 valence electrons. The van der Waals surface area contributed by atoms with Gasteiger partial charge in [-0.3, -0.25) is 4.79 Å². The number of carbonyl (C=O) groups excluding carboxylic acids is 1. The molecule has 2 atom stereocenters. The normalized spacial score (nSPS) is 21.5. The third kappa shape index (κ3) is 4.50. The summed E-state index contributed by atoms with van der Waals surface area (Å²) in [6, 6.07) is 4.36. The molecule has 0 radical (unpaired) electrons. The van der Waals surface area contributed by atoms with E-state index in [1.54, 1.807) is 6.07 Å². The quantitative estimate of drug-likeness (QED) is 0.656. The standard InChI is InChI=1S/C18H15BrF4N4O2/c1-18(6-13(15(22)23)29-17(24)27-18)10-4-9(5-11(20)14(10)21)26-16(28)12-3-2-8(19)7-25-12/h2-5,7,13,15H,6H2,1H3,(H2,24,27)(H,26,28). The summed E-state index contributed by atoms with van der Waals surface area (Å²) in [5, 5.41) is 2.41. The molecule has 0 fully saturated rings. The lowest BCUT2D eigenvalue weighted by molar-refractivity contribution is -0.0230. The number of halogens is 5. The summed E-state index contributed by atoms with van der Waals surface area (Å²) in [4.78, 5) is 20.1. The molecule has 0 saturated carbocycles. The molecule has 0 bridgehead atoms. The summed E-state index contributed by atoms with van der Waals surface area (Å²) in [6.07, 6.45) is -3.57. The minimum Gasteiger partial charge on any atom is -0.456 e. The molecule has 1 aromatic heterocycles. The Labute approximate surface area is 171 Å². The van der Waals surface area contributed by atoms with E-state index in [-0.39, 0.29) is 16.9 Å². The number of benzene rings is 1. The molecule has 0 spiro atoms. The van der Waals surface area contributed by atoms with E-state index < -0.39 is 48.1 Å². The zero-order valence-electron chi connectivity index (χ0n) is 14.9. The van der Waals surface area contributed by atoms with Crippen molar-refractivity contribution in [3.05, 3.63) is 57.8 Å². The van der Waals surface area contributed by atoms with E-state index >= 15 is 0 Å². The van der Waals surface area contributed by atoms with Gasteiger partial charge in [0.1, 0.15) is 5.69 Å². The molecule has 6 nitrogen and oxygen atoms in total. The minimum absolute atomic E-state index is 0.0387. The van der Waals surface area contributed by atoms with Crippen molar-refractivity contribution in [2.24, 2.45) is 10.7 Å². The van der Waals surface area contributed by atoms with Gasteiger partial charge in [-0.2, -0.15) is 0 Å². The van der Waals surface area contributed by atoms with Gasteiger partial charge in [0.25, 0.3) is 18.4 Å². The van der Waals surface area contributed by atoms with Gasteiger partial charge in [0.05, 0.1) is 5.54 Å². The highest BCUT2D eigenvalue weighted by Crippen LogP contribution is 2.39. The summed E-state index contributed by atoms with van der Waals surface area (Å²) >= 11 is 3.19. The molecular weight excluding hydrogens is 460 g/mol. The number of hydrogen-bond donors (Lipinski definition) is 2. The number of ether oxygens (including phenoxy) is 1. The Hall–Kier alpha value is -2.69. The molecule has 11 heteroatoms. The van der Waals surface area contributed by atoms with Gasteiger partial charge in [0, 0.05) is 34.4 Å². The lowest BCUT2D eigenvalue weighted by Gasteiger charge is -2.35. The van der Waals surface area contributed by atoms with E-state index in [9.17, 15) is 22.4 Å². The van der Waals surface area contributed by atoms with Crippen LogP contribution in [0.25, 0.3) is 0 Å². The van der Waals surface area contributed by atoms with Gasteiger partial charge >= 0.3 is 0 Å². The van der Waals surface area contributed by atoms with Gasteiger partial charge < -0.3 is 15.8 Å². The number of nitrogens with one attached hydrogen (secondary N) is 1. The van der Waals surface area contributed by atoms with Crippen molar-refractivity contribution < 1.29 is 27.1 Å². The molecule has 3 N–H and O–H groups in total. The smallest absolute Gasteiger partial charge is 0.283 e. The molecule has 1 aliphatic rings. The average Bonchev–Trinajstić information content (AvgIpc) is 2.64. The number of alkyl halides is 2. The van der Waals surface area contributed by atoms with Crippen LogP contribution in [0, 0.1) is 11.6 Å². The fourth-order valence-corrected chi connectivity index (χ4v) is 3.21. The highest BCUT2D eigenvalue weighted by atomic mass is 79.9. The largest absolute Gasteiger partial charge is 0.456 e. The molecular formula is C18H15BrF4N4O2. The molecule has 3 rings (SSSR count). The highest BCUT2D eigenvalue weighted by Gasteiger charge is 2.41. The Morgan fingerprint density at radius 1 is 1.38 bits per heavy atom. The first-order chi connectivity index (χ1) is 13.6. The summed E-state index contributed by atoms with van der Waals surface area (Å²) < 4.78 is 60.4. The van der Waals surface area contributed by atoms with Crippen LogP contribution in [0.3, 0.4) is 0 Å². The SMILES string of the molecule is CC1(c2cc(NC(=O)c3ccc(Br)cn3)cc(F)c2F)CC(C(F)F)OC(N)=N1. The van der Waals surface area contributed by atoms with Gasteiger partial charge in [0.15, 0.2) is 17.7 Å². The van der Waals surface area contributed by atoms with Crippen LogP contribution < -0.4 is 11.1 Å². The fourth-order valence-electron chi connectivity index (χ4n) is 2.97. The molecule has 1 aliphatic heterocycles. The summed E-state index contributed by atoms with van der Waals surface area (Å²) in [5.74, 6) is -3.23. The number of anilines is 1.